The van der Waals surface area contributed by atoms with Crippen LogP contribution in [0.5, 0.6) is 5.75 Å². The molecule has 0 unspecified atom stereocenters. The molecule has 0 aliphatic heterocycles. The molecule has 0 atom stereocenters. The van der Waals surface area contributed by atoms with Crippen LogP contribution >= 0.6 is 31.9 Å². The fourth-order valence-corrected chi connectivity index (χ4v) is 2.78. The third-order valence-electron chi connectivity index (χ3n) is 2.83. The van der Waals surface area contributed by atoms with E-state index in [-0.39, 0.29) is 6.61 Å². The lowest BCUT2D eigenvalue weighted by molar-refractivity contribution is -0.137. The molecule has 6 heteroatoms. The molecule has 0 heterocycles. The maximum absolute atomic E-state index is 12.7. The molecule has 0 bridgehead atoms. The fraction of sp³-hybridized carbons (Fsp3) is 0.200. The smallest absolute Gasteiger partial charge is 0.416 e. The summed E-state index contributed by atoms with van der Waals surface area (Å²) in [6.07, 6.45) is -4.34. The summed E-state index contributed by atoms with van der Waals surface area (Å²) in [5.41, 5.74) is 0.730. The summed E-state index contributed by atoms with van der Waals surface area (Å²) < 4.78 is 44.4. The van der Waals surface area contributed by atoms with Gasteiger partial charge in [-0.15, -0.1) is 0 Å². The van der Waals surface area contributed by atoms with Crippen molar-refractivity contribution in [3.05, 3.63) is 63.6 Å². The van der Waals surface area contributed by atoms with Gasteiger partial charge in [-0.2, -0.15) is 13.2 Å². The van der Waals surface area contributed by atoms with Crippen molar-refractivity contribution in [1.82, 2.24) is 0 Å². The average Bonchev–Trinajstić information content (AvgIpc) is 2.45. The van der Waals surface area contributed by atoms with E-state index in [4.69, 9.17) is 4.74 Å². The quantitative estimate of drug-likeness (QED) is 0.552. The number of hydrogen-bond donors (Lipinski definition) is 0. The monoisotopic (exact) mass is 422 g/mol. The van der Waals surface area contributed by atoms with Gasteiger partial charge < -0.3 is 4.74 Å². The van der Waals surface area contributed by atoms with Crippen LogP contribution in [0.2, 0.25) is 0 Å². The summed E-state index contributed by atoms with van der Waals surface area (Å²) >= 11 is 6.74. The molecule has 0 N–H and O–H groups in total. The van der Waals surface area contributed by atoms with Gasteiger partial charge in [0.1, 0.15) is 12.4 Å². The highest BCUT2D eigenvalue weighted by molar-refractivity contribution is 9.10. The summed E-state index contributed by atoms with van der Waals surface area (Å²) in [7, 11) is 0. The molecule has 1 nitrogen and oxygen atoms in total. The van der Waals surface area contributed by atoms with Crippen molar-refractivity contribution in [2.24, 2.45) is 0 Å². The van der Waals surface area contributed by atoms with Crippen LogP contribution in [0.25, 0.3) is 0 Å². The van der Waals surface area contributed by atoms with Gasteiger partial charge in [-0.3, -0.25) is 0 Å². The Morgan fingerprint density at radius 1 is 1.05 bits per heavy atom. The molecule has 21 heavy (non-hydrogen) atoms. The van der Waals surface area contributed by atoms with E-state index in [1.165, 1.54) is 6.07 Å². The minimum Gasteiger partial charge on any atom is -0.487 e. The van der Waals surface area contributed by atoms with Crippen molar-refractivity contribution in [3.63, 3.8) is 0 Å². The number of halogens is 5. The van der Waals surface area contributed by atoms with E-state index in [9.17, 15) is 13.2 Å². The average molecular weight is 424 g/mol. The van der Waals surface area contributed by atoms with E-state index in [0.29, 0.717) is 16.6 Å². The predicted molar refractivity (Wildman–Crippen MR) is 82.5 cm³/mol. The SMILES string of the molecule is FC(F)(F)c1cccc(COc2c(Br)cccc2CBr)c1. The molecule has 0 saturated heterocycles. The summed E-state index contributed by atoms with van der Waals surface area (Å²) in [6.45, 7) is 0.0759. The van der Waals surface area contributed by atoms with Crippen molar-refractivity contribution in [1.29, 1.82) is 0 Å². The van der Waals surface area contributed by atoms with Gasteiger partial charge in [-0.1, -0.05) is 40.2 Å². The Hall–Kier alpha value is -1.01. The predicted octanol–water partition coefficient (Wildman–Crippen LogP) is 5.94. The van der Waals surface area contributed by atoms with Gasteiger partial charge >= 0.3 is 6.18 Å². The molecule has 2 aromatic carbocycles. The molecule has 0 aliphatic rings. The molecule has 0 saturated carbocycles. The van der Waals surface area contributed by atoms with E-state index in [1.807, 2.05) is 18.2 Å². The van der Waals surface area contributed by atoms with E-state index in [1.54, 1.807) is 6.07 Å². The molecule has 0 radical (unpaired) electrons. The van der Waals surface area contributed by atoms with Gasteiger partial charge in [-0.25, -0.2) is 0 Å². The number of ether oxygens (including phenoxy) is 1. The second-order valence-electron chi connectivity index (χ2n) is 4.35. The molecule has 0 amide bonds. The zero-order valence-corrected chi connectivity index (χ0v) is 13.9. The molecular weight excluding hydrogens is 413 g/mol. The Kier molecular flexibility index (Phi) is 5.32. The summed E-state index contributed by atoms with van der Waals surface area (Å²) in [5, 5.41) is 0.602. The zero-order chi connectivity index (χ0) is 15.5. The van der Waals surface area contributed by atoms with Crippen LogP contribution in [0.15, 0.2) is 46.9 Å². The van der Waals surface area contributed by atoms with Gasteiger partial charge in [0.2, 0.25) is 0 Å². The van der Waals surface area contributed by atoms with Crippen molar-refractivity contribution < 1.29 is 17.9 Å². The van der Waals surface area contributed by atoms with Crippen LogP contribution in [0.1, 0.15) is 16.7 Å². The molecule has 0 aliphatic carbocycles. The topological polar surface area (TPSA) is 9.23 Å². The lowest BCUT2D eigenvalue weighted by atomic mass is 10.1. The van der Waals surface area contributed by atoms with E-state index >= 15 is 0 Å². The van der Waals surface area contributed by atoms with Gasteiger partial charge in [-0.05, 0) is 39.7 Å². The lowest BCUT2D eigenvalue weighted by Gasteiger charge is -2.13. The standard InChI is InChI=1S/C15H11Br2F3O/c16-8-11-4-2-6-13(17)14(11)21-9-10-3-1-5-12(7-10)15(18,19)20/h1-7H,8-9H2. The minimum atomic E-state index is -4.34. The minimum absolute atomic E-state index is 0.0759. The van der Waals surface area contributed by atoms with E-state index < -0.39 is 11.7 Å². The maximum Gasteiger partial charge on any atom is 0.416 e. The molecule has 2 rings (SSSR count). The van der Waals surface area contributed by atoms with Crippen molar-refractivity contribution in [2.75, 3.05) is 0 Å². The Morgan fingerprint density at radius 3 is 2.43 bits per heavy atom. The Morgan fingerprint density at radius 2 is 1.76 bits per heavy atom. The van der Waals surface area contributed by atoms with Crippen LogP contribution in [0.3, 0.4) is 0 Å². The van der Waals surface area contributed by atoms with Crippen molar-refractivity contribution >= 4 is 31.9 Å². The summed E-state index contributed by atoms with van der Waals surface area (Å²) in [4.78, 5) is 0. The Bertz CT molecular complexity index is 627. The first kappa shape index (κ1) is 16.4. The molecule has 0 fully saturated rings. The van der Waals surface area contributed by atoms with Crippen LogP contribution in [-0.2, 0) is 18.1 Å². The summed E-state index contributed by atoms with van der Waals surface area (Å²) in [5.74, 6) is 0.631. The maximum atomic E-state index is 12.7. The second kappa shape index (κ2) is 6.83. The first-order chi connectivity index (χ1) is 9.91. The van der Waals surface area contributed by atoms with Crippen LogP contribution < -0.4 is 4.74 Å². The second-order valence-corrected chi connectivity index (χ2v) is 5.76. The normalized spacial score (nSPS) is 11.5. The largest absolute Gasteiger partial charge is 0.487 e. The molecule has 2 aromatic rings. The lowest BCUT2D eigenvalue weighted by Crippen LogP contribution is -2.06. The van der Waals surface area contributed by atoms with E-state index in [0.717, 1.165) is 22.2 Å². The number of benzene rings is 2. The highest BCUT2D eigenvalue weighted by Crippen LogP contribution is 2.32. The van der Waals surface area contributed by atoms with Gasteiger partial charge in [0.15, 0.2) is 0 Å². The number of para-hydroxylation sites is 1. The molecular formula is C15H11Br2F3O. The zero-order valence-electron chi connectivity index (χ0n) is 10.8. The number of hydrogen-bond acceptors (Lipinski definition) is 1. The van der Waals surface area contributed by atoms with Crippen molar-refractivity contribution in [2.45, 2.75) is 18.1 Å². The summed E-state index contributed by atoms with van der Waals surface area (Å²) in [6, 6.07) is 10.7. The first-order valence-corrected chi connectivity index (χ1v) is 7.95. The number of alkyl halides is 4. The number of rotatable bonds is 4. The molecule has 0 aromatic heterocycles. The molecule has 0 spiro atoms. The highest BCUT2D eigenvalue weighted by Gasteiger charge is 2.30. The highest BCUT2D eigenvalue weighted by atomic mass is 79.9. The van der Waals surface area contributed by atoms with E-state index in [2.05, 4.69) is 31.9 Å². The Balaban J connectivity index is 2.18. The van der Waals surface area contributed by atoms with Crippen LogP contribution in [-0.4, -0.2) is 0 Å². The van der Waals surface area contributed by atoms with Crippen LogP contribution in [0.4, 0.5) is 13.2 Å². The van der Waals surface area contributed by atoms with Gasteiger partial charge in [0.05, 0.1) is 10.0 Å². The third-order valence-corrected chi connectivity index (χ3v) is 4.06. The molecule has 112 valence electrons. The fourth-order valence-electron chi connectivity index (χ4n) is 1.81. The van der Waals surface area contributed by atoms with Crippen LogP contribution in [0, 0.1) is 0 Å². The van der Waals surface area contributed by atoms with Gasteiger partial charge in [0, 0.05) is 10.9 Å². The first-order valence-electron chi connectivity index (χ1n) is 6.04. The third kappa shape index (κ3) is 4.23. The van der Waals surface area contributed by atoms with Crippen molar-refractivity contribution in [3.8, 4) is 5.75 Å². The van der Waals surface area contributed by atoms with Gasteiger partial charge in [0.25, 0.3) is 0 Å². The Labute approximate surface area is 137 Å².